The fourth-order valence-corrected chi connectivity index (χ4v) is 1.55. The van der Waals surface area contributed by atoms with Crippen molar-refractivity contribution in [2.45, 2.75) is 4.90 Å². The van der Waals surface area contributed by atoms with Gasteiger partial charge in [0.05, 0.1) is 0 Å². The first-order valence-electron chi connectivity index (χ1n) is 3.17. The van der Waals surface area contributed by atoms with Crippen LogP contribution in [0.2, 0.25) is 0 Å². The lowest BCUT2D eigenvalue weighted by atomic mass is 10.4. The lowest BCUT2D eigenvalue weighted by molar-refractivity contribution is 0.481. The standard InChI is InChI=1S/C8H12OS/c1-9-10(2)8-6-4-3-5-7-8/h3-7,10H,1-2H3. The Morgan fingerprint density at radius 2 is 1.80 bits per heavy atom. The second kappa shape index (κ2) is 3.64. The molecule has 0 bridgehead atoms. The maximum atomic E-state index is 5.20. The third-order valence-electron chi connectivity index (χ3n) is 1.39. The Hall–Kier alpha value is -0.470. The summed E-state index contributed by atoms with van der Waals surface area (Å²) >= 11 is -0.373. The monoisotopic (exact) mass is 156 g/mol. The molecule has 0 spiro atoms. The van der Waals surface area contributed by atoms with Gasteiger partial charge in [0.15, 0.2) is 0 Å². The Morgan fingerprint density at radius 3 is 2.30 bits per heavy atom. The van der Waals surface area contributed by atoms with E-state index in [4.69, 9.17) is 4.18 Å². The van der Waals surface area contributed by atoms with Gasteiger partial charge in [0, 0.05) is 12.0 Å². The maximum absolute atomic E-state index is 5.20. The van der Waals surface area contributed by atoms with Crippen molar-refractivity contribution >= 4 is 11.2 Å². The van der Waals surface area contributed by atoms with Crippen LogP contribution in [-0.2, 0) is 4.18 Å². The number of thiol groups is 1. The molecular weight excluding hydrogens is 144 g/mol. The van der Waals surface area contributed by atoms with E-state index in [9.17, 15) is 0 Å². The van der Waals surface area contributed by atoms with E-state index >= 15 is 0 Å². The molecule has 1 nitrogen and oxygen atoms in total. The minimum atomic E-state index is -0.373. The Bertz CT molecular complexity index is 186. The largest absolute Gasteiger partial charge is 0.339 e. The summed E-state index contributed by atoms with van der Waals surface area (Å²) in [7, 11) is 1.75. The zero-order valence-electron chi connectivity index (χ0n) is 6.24. The summed E-state index contributed by atoms with van der Waals surface area (Å²) in [5.41, 5.74) is 0. The highest BCUT2D eigenvalue weighted by molar-refractivity contribution is 8.12. The summed E-state index contributed by atoms with van der Waals surface area (Å²) in [5, 5.41) is 0. The third kappa shape index (κ3) is 1.75. The molecule has 0 radical (unpaired) electrons. The average Bonchev–Trinajstić information content (AvgIpc) is 2.05. The van der Waals surface area contributed by atoms with Crippen LogP contribution in [0.4, 0.5) is 0 Å². The van der Waals surface area contributed by atoms with Crippen LogP contribution in [-0.4, -0.2) is 13.4 Å². The second-order valence-corrected chi connectivity index (χ2v) is 3.89. The zero-order valence-corrected chi connectivity index (χ0v) is 7.14. The fourth-order valence-electron chi connectivity index (χ4n) is 0.743. The highest BCUT2D eigenvalue weighted by Crippen LogP contribution is 2.31. The quantitative estimate of drug-likeness (QED) is 0.646. The molecule has 0 fully saturated rings. The lowest BCUT2D eigenvalue weighted by Crippen LogP contribution is -1.80. The molecule has 1 aromatic rings. The molecule has 10 heavy (non-hydrogen) atoms. The molecule has 0 amide bonds. The van der Waals surface area contributed by atoms with Crippen LogP contribution in [0.25, 0.3) is 0 Å². The molecule has 0 aromatic heterocycles. The molecule has 1 rings (SSSR count). The first kappa shape index (κ1) is 7.63. The molecule has 0 N–H and O–H groups in total. The van der Waals surface area contributed by atoms with Gasteiger partial charge in [0.25, 0.3) is 0 Å². The summed E-state index contributed by atoms with van der Waals surface area (Å²) in [6, 6.07) is 10.3. The molecule has 2 heteroatoms. The molecule has 0 aliphatic heterocycles. The molecule has 1 unspecified atom stereocenters. The van der Waals surface area contributed by atoms with Gasteiger partial charge < -0.3 is 4.18 Å². The summed E-state index contributed by atoms with van der Waals surface area (Å²) < 4.78 is 5.20. The average molecular weight is 156 g/mol. The molecule has 0 aliphatic rings. The summed E-state index contributed by atoms with van der Waals surface area (Å²) in [5.74, 6) is 0. The number of hydrogen-bond acceptors (Lipinski definition) is 1. The van der Waals surface area contributed by atoms with Crippen LogP contribution in [0.3, 0.4) is 0 Å². The highest BCUT2D eigenvalue weighted by Gasteiger charge is 1.94. The van der Waals surface area contributed by atoms with Gasteiger partial charge in [0.1, 0.15) is 0 Å². The Kier molecular flexibility index (Phi) is 2.78. The van der Waals surface area contributed by atoms with Crippen molar-refractivity contribution in [2.24, 2.45) is 0 Å². The predicted molar refractivity (Wildman–Crippen MR) is 46.6 cm³/mol. The van der Waals surface area contributed by atoms with Crippen molar-refractivity contribution in [3.8, 4) is 0 Å². The molecule has 1 aromatic carbocycles. The lowest BCUT2D eigenvalue weighted by Gasteiger charge is -2.12. The number of rotatable bonds is 2. The summed E-state index contributed by atoms with van der Waals surface area (Å²) in [6.45, 7) is 0. The van der Waals surface area contributed by atoms with Gasteiger partial charge >= 0.3 is 0 Å². The van der Waals surface area contributed by atoms with Gasteiger partial charge in [-0.25, -0.2) is 0 Å². The maximum Gasteiger partial charge on any atom is 0.0483 e. The Morgan fingerprint density at radius 1 is 1.20 bits per heavy atom. The fraction of sp³-hybridized carbons (Fsp3) is 0.250. The molecule has 0 saturated carbocycles. The van der Waals surface area contributed by atoms with E-state index in [1.165, 1.54) is 4.90 Å². The third-order valence-corrected chi connectivity index (χ3v) is 2.97. The van der Waals surface area contributed by atoms with Crippen LogP contribution >= 0.6 is 11.2 Å². The minimum Gasteiger partial charge on any atom is -0.339 e. The molecular formula is C8H12OS. The molecule has 0 heterocycles. The number of benzene rings is 1. The van der Waals surface area contributed by atoms with E-state index in [1.807, 2.05) is 18.2 Å². The van der Waals surface area contributed by atoms with Gasteiger partial charge in [-0.15, -0.1) is 11.2 Å². The van der Waals surface area contributed by atoms with E-state index in [-0.39, 0.29) is 11.2 Å². The first-order chi connectivity index (χ1) is 4.84. The van der Waals surface area contributed by atoms with Crippen molar-refractivity contribution in [2.75, 3.05) is 13.4 Å². The zero-order chi connectivity index (χ0) is 7.40. The number of hydrogen-bond donors (Lipinski definition) is 1. The highest BCUT2D eigenvalue weighted by atomic mass is 32.2. The molecule has 0 saturated heterocycles. The van der Waals surface area contributed by atoms with Crippen LogP contribution < -0.4 is 0 Å². The smallest absolute Gasteiger partial charge is 0.0483 e. The molecule has 1 atom stereocenters. The van der Waals surface area contributed by atoms with Crippen molar-refractivity contribution < 1.29 is 4.18 Å². The van der Waals surface area contributed by atoms with Gasteiger partial charge in [-0.1, -0.05) is 18.2 Å². The second-order valence-electron chi connectivity index (χ2n) is 2.02. The molecule has 0 aliphatic carbocycles. The van der Waals surface area contributed by atoms with Gasteiger partial charge in [-0.3, -0.25) is 0 Å². The van der Waals surface area contributed by atoms with E-state index < -0.39 is 0 Å². The van der Waals surface area contributed by atoms with Crippen molar-refractivity contribution in [3.63, 3.8) is 0 Å². The van der Waals surface area contributed by atoms with E-state index in [2.05, 4.69) is 18.4 Å². The van der Waals surface area contributed by atoms with E-state index in [0.29, 0.717) is 0 Å². The van der Waals surface area contributed by atoms with Gasteiger partial charge in [0.2, 0.25) is 0 Å². The molecule has 56 valence electrons. The van der Waals surface area contributed by atoms with Crippen molar-refractivity contribution in [1.82, 2.24) is 0 Å². The van der Waals surface area contributed by atoms with E-state index in [1.54, 1.807) is 7.11 Å². The summed E-state index contributed by atoms with van der Waals surface area (Å²) in [4.78, 5) is 1.29. The predicted octanol–water partition coefficient (Wildman–Crippen LogP) is 2.24. The van der Waals surface area contributed by atoms with E-state index in [0.717, 1.165) is 0 Å². The summed E-state index contributed by atoms with van der Waals surface area (Å²) in [6.07, 6.45) is 2.10. The van der Waals surface area contributed by atoms with Crippen molar-refractivity contribution in [1.29, 1.82) is 0 Å². The minimum absolute atomic E-state index is 0.373. The first-order valence-corrected chi connectivity index (χ1v) is 4.88. The van der Waals surface area contributed by atoms with Crippen LogP contribution in [0.1, 0.15) is 0 Å². The van der Waals surface area contributed by atoms with Crippen LogP contribution in [0.15, 0.2) is 35.2 Å². The van der Waals surface area contributed by atoms with Crippen molar-refractivity contribution in [3.05, 3.63) is 30.3 Å². The SMILES string of the molecule is CO[SH](C)c1ccccc1. The van der Waals surface area contributed by atoms with Gasteiger partial charge in [-0.05, 0) is 18.4 Å². The normalized spacial score (nSPS) is 14.8. The Labute approximate surface area is 64.6 Å². The van der Waals surface area contributed by atoms with Crippen LogP contribution in [0, 0.1) is 0 Å². The van der Waals surface area contributed by atoms with Gasteiger partial charge in [-0.2, -0.15) is 0 Å². The van der Waals surface area contributed by atoms with Crippen LogP contribution in [0.5, 0.6) is 0 Å². The Balaban J connectivity index is 2.75. The topological polar surface area (TPSA) is 9.23 Å².